The number of rotatable bonds is 8. The number of anilines is 3. The molecule has 0 radical (unpaired) electrons. The normalized spacial score (nSPS) is 14.1. The average Bonchev–Trinajstić information content (AvgIpc) is 3.89. The molecule has 0 saturated heterocycles. The smallest absolute Gasteiger partial charge is 0.135 e. The molecule has 0 amide bonds. The zero-order chi connectivity index (χ0) is 41.7. The minimum Gasteiger partial charge on any atom is -0.456 e. The summed E-state index contributed by atoms with van der Waals surface area (Å²) in [5, 5.41) is 2.24. The molecule has 1 aliphatic rings. The molecule has 296 valence electrons. The van der Waals surface area contributed by atoms with Gasteiger partial charge in [0.2, 0.25) is 0 Å². The molecule has 1 heterocycles. The Hall–Kier alpha value is -8.20. The Kier molecular flexibility index (Phi) is 8.76. The number of fused-ring (bicyclic) bond motifs is 6. The summed E-state index contributed by atoms with van der Waals surface area (Å²) in [6, 6.07) is 90.4. The van der Waals surface area contributed by atoms with Gasteiger partial charge in [0.25, 0.3) is 0 Å². The second-order valence-electron chi connectivity index (χ2n) is 16.4. The maximum absolute atomic E-state index is 6.41. The van der Waals surface area contributed by atoms with Crippen molar-refractivity contribution in [2.45, 2.75) is 5.41 Å². The molecule has 1 atom stereocenters. The van der Waals surface area contributed by atoms with Gasteiger partial charge in [-0.25, -0.2) is 0 Å². The molecule has 2 nitrogen and oxygen atoms in total. The minimum absolute atomic E-state index is 0.615. The van der Waals surface area contributed by atoms with Crippen molar-refractivity contribution in [1.82, 2.24) is 0 Å². The van der Waals surface area contributed by atoms with Crippen molar-refractivity contribution in [2.24, 2.45) is 0 Å². The molecule has 11 aromatic rings. The van der Waals surface area contributed by atoms with Crippen molar-refractivity contribution in [3.63, 3.8) is 0 Å². The van der Waals surface area contributed by atoms with E-state index in [2.05, 4.69) is 248 Å². The fourth-order valence-corrected chi connectivity index (χ4v) is 10.2. The fraction of sp³-hybridized carbons (Fsp3) is 0.0164. The Balaban J connectivity index is 1.16. The van der Waals surface area contributed by atoms with Gasteiger partial charge in [0.05, 0.1) is 11.1 Å². The quantitative estimate of drug-likeness (QED) is 0.152. The van der Waals surface area contributed by atoms with Crippen molar-refractivity contribution in [1.29, 1.82) is 0 Å². The van der Waals surface area contributed by atoms with E-state index < -0.39 is 5.41 Å². The first kappa shape index (κ1) is 36.6. The van der Waals surface area contributed by atoms with Crippen LogP contribution in [-0.2, 0) is 5.41 Å². The first-order valence-corrected chi connectivity index (χ1v) is 21.7. The molecule has 0 saturated carbocycles. The third kappa shape index (κ3) is 5.95. The topological polar surface area (TPSA) is 16.4 Å². The summed E-state index contributed by atoms with van der Waals surface area (Å²) >= 11 is 0. The Labute approximate surface area is 367 Å². The van der Waals surface area contributed by atoms with E-state index in [1.54, 1.807) is 0 Å². The summed E-state index contributed by atoms with van der Waals surface area (Å²) in [6.07, 6.45) is 0. The standard InChI is InChI=1S/C61H41NO/c1-5-19-42(20-6-1)44-23-17-28-49(39-44)62(48-26-11-4-12-27-48)57-37-35-45(43-21-7-2-8-22-43)40-53(57)51-31-18-33-56-60(51)52-30-13-15-32-55(52)61(56,46-24-9-3-10-25-46)47-36-38-59-54(41-47)50-29-14-16-34-58(50)63-59/h1-41H. The summed E-state index contributed by atoms with van der Waals surface area (Å²) < 4.78 is 6.41. The van der Waals surface area contributed by atoms with E-state index in [0.717, 1.165) is 50.1 Å². The van der Waals surface area contributed by atoms with E-state index in [0.29, 0.717) is 0 Å². The lowest BCUT2D eigenvalue weighted by atomic mass is 9.67. The zero-order valence-electron chi connectivity index (χ0n) is 34.5. The van der Waals surface area contributed by atoms with E-state index in [1.165, 1.54) is 55.6 Å². The van der Waals surface area contributed by atoms with Gasteiger partial charge in [-0.2, -0.15) is 0 Å². The van der Waals surface area contributed by atoms with E-state index in [4.69, 9.17) is 4.42 Å². The van der Waals surface area contributed by atoms with Crippen LogP contribution in [0.5, 0.6) is 0 Å². The number of furan rings is 1. The second kappa shape index (κ2) is 15.1. The molecule has 1 unspecified atom stereocenters. The Bertz CT molecular complexity index is 3450. The first-order valence-electron chi connectivity index (χ1n) is 21.7. The van der Waals surface area contributed by atoms with Crippen molar-refractivity contribution >= 4 is 39.0 Å². The van der Waals surface area contributed by atoms with Crippen LogP contribution in [0.25, 0.3) is 66.4 Å². The molecule has 0 bridgehead atoms. The van der Waals surface area contributed by atoms with Gasteiger partial charge in [-0.05, 0) is 116 Å². The average molecular weight is 804 g/mol. The molecule has 0 fully saturated rings. The van der Waals surface area contributed by atoms with Gasteiger partial charge in [0, 0.05) is 27.7 Å². The van der Waals surface area contributed by atoms with E-state index in [-0.39, 0.29) is 0 Å². The maximum atomic E-state index is 6.41. The monoisotopic (exact) mass is 803 g/mol. The van der Waals surface area contributed by atoms with Crippen molar-refractivity contribution in [2.75, 3.05) is 4.90 Å². The van der Waals surface area contributed by atoms with Gasteiger partial charge >= 0.3 is 0 Å². The number of nitrogens with zero attached hydrogens (tertiary/aromatic N) is 1. The lowest BCUT2D eigenvalue weighted by Crippen LogP contribution is -2.28. The molecular formula is C61H41NO. The molecule has 0 spiro atoms. The molecule has 10 aromatic carbocycles. The molecule has 2 heteroatoms. The third-order valence-corrected chi connectivity index (χ3v) is 12.9. The van der Waals surface area contributed by atoms with Gasteiger partial charge in [0.15, 0.2) is 0 Å². The fourth-order valence-electron chi connectivity index (χ4n) is 10.2. The molecule has 1 aliphatic carbocycles. The molecule has 12 rings (SSSR count). The highest BCUT2D eigenvalue weighted by Crippen LogP contribution is 2.59. The molecule has 1 aromatic heterocycles. The molecule has 0 aliphatic heterocycles. The first-order chi connectivity index (χ1) is 31.3. The van der Waals surface area contributed by atoms with Crippen LogP contribution in [-0.4, -0.2) is 0 Å². The highest BCUT2D eigenvalue weighted by molar-refractivity contribution is 6.06. The third-order valence-electron chi connectivity index (χ3n) is 12.9. The number of benzene rings is 10. The summed E-state index contributed by atoms with van der Waals surface area (Å²) in [5.74, 6) is 0. The van der Waals surface area contributed by atoms with Crippen LogP contribution in [0.15, 0.2) is 253 Å². The van der Waals surface area contributed by atoms with Gasteiger partial charge in [-0.15, -0.1) is 0 Å². The number of hydrogen-bond donors (Lipinski definition) is 0. The van der Waals surface area contributed by atoms with Gasteiger partial charge < -0.3 is 9.32 Å². The number of hydrogen-bond acceptors (Lipinski definition) is 2. The van der Waals surface area contributed by atoms with E-state index in [9.17, 15) is 0 Å². The second-order valence-corrected chi connectivity index (χ2v) is 16.4. The van der Waals surface area contributed by atoms with Crippen LogP contribution < -0.4 is 4.90 Å². The summed E-state index contributed by atoms with van der Waals surface area (Å²) in [4.78, 5) is 2.43. The van der Waals surface area contributed by atoms with Crippen molar-refractivity contribution < 1.29 is 4.42 Å². The highest BCUT2D eigenvalue weighted by atomic mass is 16.3. The largest absolute Gasteiger partial charge is 0.456 e. The predicted octanol–water partition coefficient (Wildman–Crippen LogP) is 16.4. The van der Waals surface area contributed by atoms with Crippen LogP contribution >= 0.6 is 0 Å². The zero-order valence-corrected chi connectivity index (χ0v) is 34.5. The number of para-hydroxylation sites is 2. The van der Waals surface area contributed by atoms with Crippen LogP contribution in [0.4, 0.5) is 17.1 Å². The summed E-state index contributed by atoms with van der Waals surface area (Å²) in [5.41, 5.74) is 18.9. The lowest BCUT2D eigenvalue weighted by Gasteiger charge is -2.34. The van der Waals surface area contributed by atoms with E-state index >= 15 is 0 Å². The Morgan fingerprint density at radius 1 is 0.317 bits per heavy atom. The van der Waals surface area contributed by atoms with Gasteiger partial charge in [0.1, 0.15) is 11.2 Å². The van der Waals surface area contributed by atoms with Crippen LogP contribution in [0, 0.1) is 0 Å². The molecular weight excluding hydrogens is 763 g/mol. The minimum atomic E-state index is -0.615. The van der Waals surface area contributed by atoms with Crippen molar-refractivity contribution in [3.8, 4) is 44.5 Å². The maximum Gasteiger partial charge on any atom is 0.135 e. The predicted molar refractivity (Wildman–Crippen MR) is 262 cm³/mol. The van der Waals surface area contributed by atoms with Gasteiger partial charge in [-0.3, -0.25) is 0 Å². The van der Waals surface area contributed by atoms with E-state index in [1.807, 2.05) is 6.07 Å². The highest BCUT2D eigenvalue weighted by Gasteiger charge is 2.47. The van der Waals surface area contributed by atoms with Crippen LogP contribution in [0.3, 0.4) is 0 Å². The Morgan fingerprint density at radius 2 is 0.889 bits per heavy atom. The van der Waals surface area contributed by atoms with Crippen LogP contribution in [0.2, 0.25) is 0 Å². The van der Waals surface area contributed by atoms with Crippen molar-refractivity contribution in [3.05, 3.63) is 271 Å². The summed E-state index contributed by atoms with van der Waals surface area (Å²) in [7, 11) is 0. The lowest BCUT2D eigenvalue weighted by molar-refractivity contribution is 0.668. The molecule has 0 N–H and O–H groups in total. The van der Waals surface area contributed by atoms with Crippen LogP contribution in [0.1, 0.15) is 22.3 Å². The SMILES string of the molecule is c1ccc(-c2cccc(N(c3ccccc3)c3ccc(-c4ccccc4)cc3-c3cccc4c3-c3ccccc3C4(c3ccccc3)c3ccc4oc5ccccc5c4c3)c2)cc1. The Morgan fingerprint density at radius 3 is 1.67 bits per heavy atom. The summed E-state index contributed by atoms with van der Waals surface area (Å²) in [6.45, 7) is 0. The molecule has 63 heavy (non-hydrogen) atoms. The van der Waals surface area contributed by atoms with Gasteiger partial charge in [-0.1, -0.05) is 194 Å².